The first-order valence-electron chi connectivity index (χ1n) is 5.22. The predicted octanol–water partition coefficient (Wildman–Crippen LogP) is -1.74. The summed E-state index contributed by atoms with van der Waals surface area (Å²) < 4.78 is 10.7. The fourth-order valence-electron chi connectivity index (χ4n) is 0.937. The summed E-state index contributed by atoms with van der Waals surface area (Å²) in [4.78, 5) is 32.3. The van der Waals surface area contributed by atoms with Crippen molar-refractivity contribution in [1.29, 1.82) is 0 Å². The Labute approximate surface area is 107 Å². The first kappa shape index (κ1) is 16.4. The van der Waals surface area contributed by atoms with E-state index >= 15 is 0 Å². The number of hydrogen-bond acceptors (Lipinski definition) is 4. The van der Waals surface area contributed by atoms with Crippen LogP contribution in [-0.4, -0.2) is 58.9 Å². The fourth-order valence-corrected chi connectivity index (χ4v) is 1.49. The van der Waals surface area contributed by atoms with Crippen LogP contribution in [0.25, 0.3) is 0 Å². The standard InChI is InChI=1S/C9H17N3O5S/c1-18(17)4-2-3-10-9(16)12-5-7(13)11-6-8(14)15/h2-6H2,1H3,(H,11,13)(H,14,15)(H2,10,12,16). The topological polar surface area (TPSA) is 125 Å². The average molecular weight is 279 g/mol. The Balaban J connectivity index is 3.54. The lowest BCUT2D eigenvalue weighted by Gasteiger charge is -2.07. The van der Waals surface area contributed by atoms with E-state index in [0.29, 0.717) is 18.7 Å². The fraction of sp³-hybridized carbons (Fsp3) is 0.667. The molecule has 0 rings (SSSR count). The van der Waals surface area contributed by atoms with Crippen molar-refractivity contribution in [2.45, 2.75) is 6.42 Å². The summed E-state index contributed by atoms with van der Waals surface area (Å²) in [5, 5.41) is 15.1. The summed E-state index contributed by atoms with van der Waals surface area (Å²) in [5.74, 6) is -1.23. The maximum absolute atomic E-state index is 11.1. The molecule has 18 heavy (non-hydrogen) atoms. The van der Waals surface area contributed by atoms with Crippen molar-refractivity contribution in [3.05, 3.63) is 0 Å². The monoisotopic (exact) mass is 279 g/mol. The van der Waals surface area contributed by atoms with Crippen LogP contribution in [0.4, 0.5) is 4.79 Å². The molecule has 104 valence electrons. The quantitative estimate of drug-likeness (QED) is 0.392. The van der Waals surface area contributed by atoms with E-state index in [-0.39, 0.29) is 6.54 Å². The number of amides is 3. The molecular weight excluding hydrogens is 262 g/mol. The van der Waals surface area contributed by atoms with Crippen molar-refractivity contribution < 1.29 is 23.7 Å². The molecule has 0 bridgehead atoms. The summed E-state index contributed by atoms with van der Waals surface area (Å²) in [6.45, 7) is -0.411. The lowest BCUT2D eigenvalue weighted by atomic mass is 10.5. The summed E-state index contributed by atoms with van der Waals surface area (Å²) in [5.41, 5.74) is 0. The molecule has 0 fully saturated rings. The lowest BCUT2D eigenvalue weighted by Crippen LogP contribution is -2.43. The third-order valence-corrected chi connectivity index (χ3v) is 2.60. The molecule has 1 atom stereocenters. The molecule has 0 aliphatic rings. The van der Waals surface area contributed by atoms with Crippen LogP contribution in [0.2, 0.25) is 0 Å². The van der Waals surface area contributed by atoms with E-state index in [2.05, 4.69) is 16.0 Å². The lowest BCUT2D eigenvalue weighted by molar-refractivity contribution is -0.137. The molecular formula is C9H17N3O5S. The van der Waals surface area contributed by atoms with E-state index in [9.17, 15) is 18.6 Å². The average Bonchev–Trinajstić information content (AvgIpc) is 2.29. The normalized spacial score (nSPS) is 11.4. The van der Waals surface area contributed by atoms with Crippen LogP contribution in [-0.2, 0) is 20.4 Å². The molecule has 1 unspecified atom stereocenters. The molecule has 0 aliphatic heterocycles. The Morgan fingerprint density at radius 1 is 1.11 bits per heavy atom. The van der Waals surface area contributed by atoms with Crippen molar-refractivity contribution in [1.82, 2.24) is 16.0 Å². The van der Waals surface area contributed by atoms with Gasteiger partial charge in [-0.2, -0.15) is 0 Å². The zero-order valence-electron chi connectivity index (χ0n) is 10.0. The Morgan fingerprint density at radius 2 is 1.78 bits per heavy atom. The molecule has 0 heterocycles. The van der Waals surface area contributed by atoms with E-state index in [1.54, 1.807) is 6.26 Å². The molecule has 3 amide bonds. The Hall–Kier alpha value is -1.64. The van der Waals surface area contributed by atoms with Gasteiger partial charge in [0, 0.05) is 29.4 Å². The van der Waals surface area contributed by atoms with Gasteiger partial charge in [-0.25, -0.2) is 4.79 Å². The molecule has 8 nitrogen and oxygen atoms in total. The second kappa shape index (κ2) is 9.40. The van der Waals surface area contributed by atoms with Gasteiger partial charge in [0.15, 0.2) is 0 Å². The summed E-state index contributed by atoms with van der Waals surface area (Å²) in [6.07, 6.45) is 2.16. The molecule has 0 aromatic carbocycles. The van der Waals surface area contributed by atoms with Gasteiger partial charge in [0.1, 0.15) is 6.54 Å². The molecule has 0 radical (unpaired) electrons. The third-order valence-electron chi connectivity index (χ3n) is 1.74. The van der Waals surface area contributed by atoms with Crippen LogP contribution < -0.4 is 16.0 Å². The van der Waals surface area contributed by atoms with Gasteiger partial charge in [0.25, 0.3) is 0 Å². The van der Waals surface area contributed by atoms with Crippen molar-refractivity contribution >= 4 is 28.7 Å². The van der Waals surface area contributed by atoms with Crippen LogP contribution in [0.5, 0.6) is 0 Å². The van der Waals surface area contributed by atoms with E-state index < -0.39 is 35.3 Å². The molecule has 0 saturated carbocycles. The van der Waals surface area contributed by atoms with Gasteiger partial charge < -0.3 is 21.1 Å². The van der Waals surface area contributed by atoms with E-state index in [0.717, 1.165) is 0 Å². The highest BCUT2D eigenvalue weighted by Gasteiger charge is 2.05. The zero-order chi connectivity index (χ0) is 14.0. The molecule has 9 heteroatoms. The van der Waals surface area contributed by atoms with Crippen molar-refractivity contribution in [3.8, 4) is 0 Å². The van der Waals surface area contributed by atoms with Crippen LogP contribution in [0.1, 0.15) is 6.42 Å². The van der Waals surface area contributed by atoms with Gasteiger partial charge in [-0.1, -0.05) is 0 Å². The number of aliphatic carboxylic acids is 1. The van der Waals surface area contributed by atoms with Gasteiger partial charge in [-0.15, -0.1) is 0 Å². The van der Waals surface area contributed by atoms with Gasteiger partial charge in [-0.3, -0.25) is 13.8 Å². The number of carbonyl (C=O) groups is 3. The summed E-state index contributed by atoms with van der Waals surface area (Å²) in [7, 11) is -0.890. The minimum Gasteiger partial charge on any atom is -0.480 e. The minimum absolute atomic E-state index is 0.293. The van der Waals surface area contributed by atoms with Crippen LogP contribution in [0.3, 0.4) is 0 Å². The molecule has 0 aromatic rings. The first-order valence-corrected chi connectivity index (χ1v) is 6.94. The maximum atomic E-state index is 11.1. The van der Waals surface area contributed by atoms with Crippen molar-refractivity contribution in [3.63, 3.8) is 0 Å². The van der Waals surface area contributed by atoms with E-state index in [1.807, 2.05) is 0 Å². The van der Waals surface area contributed by atoms with Crippen LogP contribution in [0.15, 0.2) is 0 Å². The molecule has 4 N–H and O–H groups in total. The van der Waals surface area contributed by atoms with E-state index in [1.165, 1.54) is 0 Å². The molecule has 0 aromatic heterocycles. The highest BCUT2D eigenvalue weighted by molar-refractivity contribution is 7.84. The number of hydrogen-bond donors (Lipinski definition) is 4. The number of carbonyl (C=O) groups excluding carboxylic acids is 2. The van der Waals surface area contributed by atoms with Gasteiger partial charge in [-0.05, 0) is 6.42 Å². The van der Waals surface area contributed by atoms with Crippen molar-refractivity contribution in [2.75, 3.05) is 31.6 Å². The molecule has 0 saturated heterocycles. The second-order valence-electron chi connectivity index (χ2n) is 3.41. The zero-order valence-corrected chi connectivity index (χ0v) is 10.8. The largest absolute Gasteiger partial charge is 0.480 e. The Kier molecular flexibility index (Phi) is 8.54. The van der Waals surface area contributed by atoms with Crippen LogP contribution in [0, 0.1) is 0 Å². The molecule has 0 aliphatic carbocycles. The summed E-state index contributed by atoms with van der Waals surface area (Å²) >= 11 is 0. The number of nitrogens with one attached hydrogen (secondary N) is 3. The minimum atomic E-state index is -1.15. The molecule has 0 spiro atoms. The number of urea groups is 1. The van der Waals surface area contributed by atoms with E-state index in [4.69, 9.17) is 5.11 Å². The smallest absolute Gasteiger partial charge is 0.322 e. The number of carboxylic acids is 1. The SMILES string of the molecule is CS(=O)CCCNC(=O)NCC(=O)NCC(=O)O. The number of carboxylic acid groups (broad SMARTS) is 1. The van der Waals surface area contributed by atoms with Crippen LogP contribution >= 0.6 is 0 Å². The van der Waals surface area contributed by atoms with Gasteiger partial charge in [0.2, 0.25) is 5.91 Å². The van der Waals surface area contributed by atoms with Crippen molar-refractivity contribution in [2.24, 2.45) is 0 Å². The van der Waals surface area contributed by atoms with Gasteiger partial charge >= 0.3 is 12.0 Å². The third kappa shape index (κ3) is 10.9. The maximum Gasteiger partial charge on any atom is 0.322 e. The number of rotatable bonds is 8. The Morgan fingerprint density at radius 3 is 2.33 bits per heavy atom. The van der Waals surface area contributed by atoms with Gasteiger partial charge in [0.05, 0.1) is 6.54 Å². The highest BCUT2D eigenvalue weighted by atomic mass is 32.2. The second-order valence-corrected chi connectivity index (χ2v) is 4.97. The summed E-state index contributed by atoms with van der Waals surface area (Å²) in [6, 6.07) is -0.526. The predicted molar refractivity (Wildman–Crippen MR) is 65.6 cm³/mol. The highest BCUT2D eigenvalue weighted by Crippen LogP contribution is 1.81. The Bertz CT molecular complexity index is 334. The first-order chi connectivity index (χ1) is 8.41.